The Bertz CT molecular complexity index is 380. The zero-order valence-corrected chi connectivity index (χ0v) is 9.73. The highest BCUT2D eigenvalue weighted by molar-refractivity contribution is 5.39. The van der Waals surface area contributed by atoms with Gasteiger partial charge < -0.3 is 4.74 Å². The van der Waals surface area contributed by atoms with Crippen molar-refractivity contribution in [3.8, 4) is 5.75 Å². The number of allylic oxidation sites excluding steroid dienone is 1. The van der Waals surface area contributed by atoms with Crippen LogP contribution in [0.5, 0.6) is 5.75 Å². The second kappa shape index (κ2) is 4.47. The molecule has 0 unspecified atom stereocenters. The lowest BCUT2D eigenvalue weighted by molar-refractivity contribution is 0.421. The smallest absolute Gasteiger partial charge is 0.132 e. The average Bonchev–Trinajstić information content (AvgIpc) is 2.11. The Kier molecular flexibility index (Phi) is 3.51. The predicted molar refractivity (Wildman–Crippen MR) is 60.7 cm³/mol. The molecule has 1 aromatic rings. The highest BCUT2D eigenvalue weighted by atomic mass is 19.1. The van der Waals surface area contributed by atoms with Gasteiger partial charge in [0.2, 0.25) is 0 Å². The number of rotatable bonds is 3. The van der Waals surface area contributed by atoms with Gasteiger partial charge >= 0.3 is 0 Å². The van der Waals surface area contributed by atoms with Crippen molar-refractivity contribution in [2.24, 2.45) is 0 Å². The highest BCUT2D eigenvalue weighted by Gasteiger charge is 2.10. The Balaban J connectivity index is 3.18. The van der Waals surface area contributed by atoms with E-state index in [-0.39, 0.29) is 11.7 Å². The topological polar surface area (TPSA) is 9.23 Å². The van der Waals surface area contributed by atoms with E-state index in [1.165, 1.54) is 0 Å². The van der Waals surface area contributed by atoms with Gasteiger partial charge in [-0.25, -0.2) is 4.39 Å². The van der Waals surface area contributed by atoms with Gasteiger partial charge in [0.1, 0.15) is 11.6 Å². The number of hydrogen-bond acceptors (Lipinski definition) is 1. The molecule has 0 aliphatic carbocycles. The van der Waals surface area contributed by atoms with Crippen LogP contribution in [0.15, 0.2) is 24.5 Å². The van der Waals surface area contributed by atoms with Crippen LogP contribution in [-0.2, 0) is 0 Å². The van der Waals surface area contributed by atoms with Crippen molar-refractivity contribution in [1.29, 1.82) is 0 Å². The van der Waals surface area contributed by atoms with Crippen LogP contribution in [0.4, 0.5) is 4.39 Å². The van der Waals surface area contributed by atoms with Gasteiger partial charge in [0.05, 0.1) is 5.76 Å². The molecular formula is C13H17FO. The molecule has 0 N–H and O–H groups in total. The van der Waals surface area contributed by atoms with Gasteiger partial charge in [-0.15, -0.1) is 0 Å². The van der Waals surface area contributed by atoms with Crippen LogP contribution in [-0.4, -0.2) is 0 Å². The lowest BCUT2D eigenvalue weighted by Crippen LogP contribution is -1.98. The van der Waals surface area contributed by atoms with Crippen LogP contribution in [0.1, 0.15) is 37.8 Å². The molecule has 1 rings (SSSR count). The second-order valence-corrected chi connectivity index (χ2v) is 4.08. The van der Waals surface area contributed by atoms with E-state index in [9.17, 15) is 4.39 Å². The molecule has 0 spiro atoms. The van der Waals surface area contributed by atoms with Crippen molar-refractivity contribution in [2.75, 3.05) is 0 Å². The Hall–Kier alpha value is -1.31. The molecule has 0 aliphatic heterocycles. The summed E-state index contributed by atoms with van der Waals surface area (Å²) in [5.74, 6) is 1.19. The van der Waals surface area contributed by atoms with Crippen molar-refractivity contribution in [3.05, 3.63) is 41.4 Å². The maximum Gasteiger partial charge on any atom is 0.132 e. The van der Waals surface area contributed by atoms with Gasteiger partial charge in [0.25, 0.3) is 0 Å². The Morgan fingerprint density at radius 2 is 2.00 bits per heavy atom. The summed E-state index contributed by atoms with van der Waals surface area (Å²) in [5.41, 5.74) is 1.47. The predicted octanol–water partition coefficient (Wildman–Crippen LogP) is 4.17. The van der Waals surface area contributed by atoms with Crippen molar-refractivity contribution in [3.63, 3.8) is 0 Å². The van der Waals surface area contributed by atoms with Crippen LogP contribution in [0.3, 0.4) is 0 Å². The molecule has 1 nitrogen and oxygen atoms in total. The first-order valence-electron chi connectivity index (χ1n) is 5.05. The highest BCUT2D eigenvalue weighted by Crippen LogP contribution is 2.27. The molecule has 2 heteroatoms. The normalized spacial score (nSPS) is 10.5. The lowest BCUT2D eigenvalue weighted by Gasteiger charge is -2.13. The Labute approximate surface area is 90.6 Å². The Morgan fingerprint density at radius 1 is 1.40 bits per heavy atom. The molecule has 0 heterocycles. The lowest BCUT2D eigenvalue weighted by atomic mass is 10.0. The first-order chi connectivity index (χ1) is 6.91. The van der Waals surface area contributed by atoms with Crippen molar-refractivity contribution in [1.82, 2.24) is 0 Å². The van der Waals surface area contributed by atoms with E-state index in [2.05, 4.69) is 6.58 Å². The second-order valence-electron chi connectivity index (χ2n) is 4.08. The maximum atomic E-state index is 13.5. The van der Waals surface area contributed by atoms with E-state index < -0.39 is 0 Å². The zero-order chi connectivity index (χ0) is 11.6. The minimum Gasteiger partial charge on any atom is -0.462 e. The number of halogens is 1. The van der Waals surface area contributed by atoms with Crippen molar-refractivity contribution >= 4 is 0 Å². The fourth-order valence-electron chi connectivity index (χ4n) is 1.30. The molecule has 0 saturated heterocycles. The molecule has 0 radical (unpaired) electrons. The third-order valence-corrected chi connectivity index (χ3v) is 2.27. The van der Waals surface area contributed by atoms with Gasteiger partial charge in [-0.1, -0.05) is 20.4 Å². The molecule has 0 bridgehead atoms. The van der Waals surface area contributed by atoms with E-state index in [0.717, 1.165) is 5.56 Å². The molecular weight excluding hydrogens is 191 g/mol. The van der Waals surface area contributed by atoms with Gasteiger partial charge in [0.15, 0.2) is 0 Å². The number of ether oxygens (including phenoxy) is 1. The first kappa shape index (κ1) is 11.8. The maximum absolute atomic E-state index is 13.5. The minimum absolute atomic E-state index is 0.225. The van der Waals surface area contributed by atoms with E-state index in [4.69, 9.17) is 4.74 Å². The van der Waals surface area contributed by atoms with Crippen LogP contribution >= 0.6 is 0 Å². The zero-order valence-electron chi connectivity index (χ0n) is 9.73. The molecule has 82 valence electrons. The van der Waals surface area contributed by atoms with Crippen LogP contribution < -0.4 is 4.74 Å². The van der Waals surface area contributed by atoms with E-state index in [1.54, 1.807) is 19.9 Å². The summed E-state index contributed by atoms with van der Waals surface area (Å²) in [6.45, 7) is 11.2. The minimum atomic E-state index is -0.225. The van der Waals surface area contributed by atoms with Crippen molar-refractivity contribution < 1.29 is 9.13 Å². The van der Waals surface area contributed by atoms with Crippen molar-refractivity contribution in [2.45, 2.75) is 33.6 Å². The number of hydrogen-bond donors (Lipinski definition) is 0. The summed E-state index contributed by atoms with van der Waals surface area (Å²) in [6, 6.07) is 3.43. The van der Waals surface area contributed by atoms with Gasteiger partial charge in [-0.05, 0) is 37.5 Å². The molecule has 0 fully saturated rings. The fourth-order valence-corrected chi connectivity index (χ4v) is 1.30. The molecule has 0 aliphatic rings. The summed E-state index contributed by atoms with van der Waals surface area (Å²) in [7, 11) is 0. The molecule has 1 aromatic carbocycles. The fraction of sp³-hybridized carbons (Fsp3) is 0.385. The van der Waals surface area contributed by atoms with Crippen LogP contribution in [0, 0.1) is 12.7 Å². The summed E-state index contributed by atoms with van der Waals surface area (Å²) >= 11 is 0. The quantitative estimate of drug-likeness (QED) is 0.677. The molecule has 0 saturated carbocycles. The summed E-state index contributed by atoms with van der Waals surface area (Å²) in [4.78, 5) is 0. The largest absolute Gasteiger partial charge is 0.462 e. The third kappa shape index (κ3) is 2.82. The summed E-state index contributed by atoms with van der Waals surface area (Å²) < 4.78 is 18.9. The first-order valence-corrected chi connectivity index (χ1v) is 5.05. The van der Waals surface area contributed by atoms with E-state index in [0.29, 0.717) is 17.1 Å². The van der Waals surface area contributed by atoms with Gasteiger partial charge in [0, 0.05) is 5.56 Å². The third-order valence-electron chi connectivity index (χ3n) is 2.27. The summed E-state index contributed by atoms with van der Waals surface area (Å²) in [6.07, 6.45) is 0. The number of benzene rings is 1. The van der Waals surface area contributed by atoms with Crippen LogP contribution in [0.25, 0.3) is 0 Å². The SMILES string of the molecule is C=C(C)Oc1cc(C(C)C)cc(F)c1C. The van der Waals surface area contributed by atoms with E-state index in [1.807, 2.05) is 19.9 Å². The summed E-state index contributed by atoms with van der Waals surface area (Å²) in [5, 5.41) is 0. The monoisotopic (exact) mass is 208 g/mol. The molecule has 0 atom stereocenters. The van der Waals surface area contributed by atoms with Gasteiger partial charge in [-0.2, -0.15) is 0 Å². The molecule has 15 heavy (non-hydrogen) atoms. The average molecular weight is 208 g/mol. The van der Waals surface area contributed by atoms with E-state index >= 15 is 0 Å². The van der Waals surface area contributed by atoms with Gasteiger partial charge in [-0.3, -0.25) is 0 Å². The standard InChI is InChI=1S/C13H17FO/c1-8(2)11-6-12(14)10(5)13(7-11)15-9(3)4/h6-8H,3H2,1-2,4-5H3. The Morgan fingerprint density at radius 3 is 2.47 bits per heavy atom. The molecule has 0 amide bonds. The van der Waals surface area contributed by atoms with Crippen LogP contribution in [0.2, 0.25) is 0 Å². The molecule has 0 aromatic heterocycles.